The van der Waals surface area contributed by atoms with Gasteiger partial charge in [0, 0.05) is 29.8 Å². The second kappa shape index (κ2) is 7.25. The molecular formula is C20H15F4N3O4. The van der Waals surface area contributed by atoms with Gasteiger partial charge in [-0.1, -0.05) is 6.07 Å². The minimum Gasteiger partial charge on any atom is -0.434 e. The van der Waals surface area contributed by atoms with Crippen molar-refractivity contribution in [1.82, 2.24) is 9.88 Å². The second-order valence-electron chi connectivity index (χ2n) is 7.23. The summed E-state index contributed by atoms with van der Waals surface area (Å²) in [5.41, 5.74) is 2.46. The van der Waals surface area contributed by atoms with E-state index in [0.717, 1.165) is 12.1 Å². The van der Waals surface area contributed by atoms with Crippen molar-refractivity contribution in [3.8, 4) is 0 Å². The standard InChI is InChI=1S/C20H15F4N3O4/c21-14-5-9(17(25)29)1-2-10(14)8-27(11-3-4-11)19(30)15-6-12-13(20(22,23)24)7-16(28)26-18(12)31-15/h1-2,5-7,11H,3-4,8H2,(H2,25,29)(H,26,28). The van der Waals surface area contributed by atoms with Crippen LogP contribution in [-0.4, -0.2) is 27.7 Å². The third-order valence-electron chi connectivity index (χ3n) is 4.98. The van der Waals surface area contributed by atoms with Crippen molar-refractivity contribution in [2.24, 2.45) is 5.73 Å². The predicted molar refractivity (Wildman–Crippen MR) is 99.7 cm³/mol. The van der Waals surface area contributed by atoms with Gasteiger partial charge in [-0.15, -0.1) is 0 Å². The van der Waals surface area contributed by atoms with Crippen LogP contribution in [0.25, 0.3) is 11.1 Å². The van der Waals surface area contributed by atoms with Crippen molar-refractivity contribution in [2.45, 2.75) is 31.6 Å². The van der Waals surface area contributed by atoms with E-state index in [4.69, 9.17) is 10.2 Å². The topological polar surface area (TPSA) is 109 Å². The van der Waals surface area contributed by atoms with Crippen LogP contribution in [0, 0.1) is 5.82 Å². The molecule has 0 spiro atoms. The summed E-state index contributed by atoms with van der Waals surface area (Å²) in [7, 11) is 0. The highest BCUT2D eigenvalue weighted by Crippen LogP contribution is 2.36. The molecule has 162 valence electrons. The summed E-state index contributed by atoms with van der Waals surface area (Å²) < 4.78 is 59.4. The van der Waals surface area contributed by atoms with Gasteiger partial charge in [0.15, 0.2) is 5.76 Å². The zero-order valence-electron chi connectivity index (χ0n) is 15.8. The third kappa shape index (κ3) is 4.03. The van der Waals surface area contributed by atoms with Gasteiger partial charge in [0.25, 0.3) is 11.5 Å². The molecule has 4 rings (SSSR count). The first kappa shape index (κ1) is 20.6. The molecule has 1 saturated carbocycles. The number of H-pyrrole nitrogens is 1. The minimum atomic E-state index is -4.82. The Hall–Kier alpha value is -3.63. The van der Waals surface area contributed by atoms with E-state index < -0.39 is 51.8 Å². The van der Waals surface area contributed by atoms with Gasteiger partial charge < -0.3 is 15.1 Å². The van der Waals surface area contributed by atoms with Crippen molar-refractivity contribution in [2.75, 3.05) is 0 Å². The molecule has 2 amide bonds. The Morgan fingerprint density at radius 1 is 1.19 bits per heavy atom. The summed E-state index contributed by atoms with van der Waals surface area (Å²) in [6.45, 7) is -0.186. The van der Waals surface area contributed by atoms with Crippen LogP contribution in [0.5, 0.6) is 0 Å². The molecule has 1 aliphatic carbocycles. The lowest BCUT2D eigenvalue weighted by Gasteiger charge is -2.21. The number of hydrogen-bond acceptors (Lipinski definition) is 4. The van der Waals surface area contributed by atoms with Crippen LogP contribution in [0.15, 0.2) is 39.5 Å². The number of halogens is 4. The molecule has 0 saturated heterocycles. The lowest BCUT2D eigenvalue weighted by molar-refractivity contribution is -0.136. The highest BCUT2D eigenvalue weighted by molar-refractivity contribution is 5.96. The van der Waals surface area contributed by atoms with E-state index in [0.29, 0.717) is 18.9 Å². The Kier molecular flexibility index (Phi) is 4.83. The molecule has 3 N–H and O–H groups in total. The molecule has 1 aromatic carbocycles. The lowest BCUT2D eigenvalue weighted by atomic mass is 10.1. The van der Waals surface area contributed by atoms with E-state index in [2.05, 4.69) is 4.98 Å². The van der Waals surface area contributed by atoms with Gasteiger partial charge in [0.2, 0.25) is 11.6 Å². The van der Waals surface area contributed by atoms with Gasteiger partial charge in [0.05, 0.1) is 10.9 Å². The van der Waals surface area contributed by atoms with Gasteiger partial charge in [-0.2, -0.15) is 13.2 Å². The van der Waals surface area contributed by atoms with Crippen LogP contribution in [0.3, 0.4) is 0 Å². The smallest absolute Gasteiger partial charge is 0.417 e. The summed E-state index contributed by atoms with van der Waals surface area (Å²) in [6.07, 6.45) is -3.55. The van der Waals surface area contributed by atoms with Crippen LogP contribution >= 0.6 is 0 Å². The van der Waals surface area contributed by atoms with Crippen molar-refractivity contribution in [3.63, 3.8) is 0 Å². The number of fused-ring (bicyclic) bond motifs is 1. The molecule has 0 radical (unpaired) electrons. The van der Waals surface area contributed by atoms with E-state index in [1.54, 1.807) is 0 Å². The Balaban J connectivity index is 1.69. The monoisotopic (exact) mass is 437 g/mol. The van der Waals surface area contributed by atoms with Gasteiger partial charge in [-0.25, -0.2) is 4.39 Å². The number of alkyl halides is 3. The summed E-state index contributed by atoms with van der Waals surface area (Å²) >= 11 is 0. The maximum Gasteiger partial charge on any atom is 0.417 e. The molecule has 1 aliphatic rings. The number of aromatic amines is 1. The number of rotatable bonds is 5. The van der Waals surface area contributed by atoms with Crippen LogP contribution in [-0.2, 0) is 12.7 Å². The Labute approximate surface area is 171 Å². The first-order valence-corrected chi connectivity index (χ1v) is 9.18. The van der Waals surface area contributed by atoms with Crippen LogP contribution < -0.4 is 11.3 Å². The average molecular weight is 437 g/mol. The van der Waals surface area contributed by atoms with Crippen LogP contribution in [0.2, 0.25) is 0 Å². The SMILES string of the molecule is NC(=O)c1ccc(CN(C(=O)c2cc3c(C(F)(F)F)cc(=O)[nH]c3o2)C2CC2)c(F)c1. The maximum atomic E-state index is 14.4. The molecule has 31 heavy (non-hydrogen) atoms. The quantitative estimate of drug-likeness (QED) is 0.598. The molecule has 2 aromatic heterocycles. The number of pyridine rings is 1. The minimum absolute atomic E-state index is 0.0357. The van der Waals surface area contributed by atoms with Gasteiger partial charge >= 0.3 is 6.18 Å². The average Bonchev–Trinajstić information content (AvgIpc) is 3.43. The summed E-state index contributed by atoms with van der Waals surface area (Å²) in [4.78, 5) is 39.1. The number of nitrogens with zero attached hydrogens (tertiary/aromatic N) is 1. The van der Waals surface area contributed by atoms with E-state index in [-0.39, 0.29) is 23.7 Å². The van der Waals surface area contributed by atoms with E-state index in [9.17, 15) is 31.9 Å². The molecule has 11 heteroatoms. The summed E-state index contributed by atoms with van der Waals surface area (Å²) in [5, 5.41) is -0.455. The molecule has 0 atom stereocenters. The normalized spacial score (nSPS) is 14.1. The number of carbonyl (C=O) groups excluding carboxylic acids is 2. The van der Waals surface area contributed by atoms with Crippen molar-refractivity contribution in [3.05, 3.63) is 69.0 Å². The van der Waals surface area contributed by atoms with Crippen molar-refractivity contribution < 1.29 is 31.6 Å². The number of amides is 2. The van der Waals surface area contributed by atoms with E-state index in [1.165, 1.54) is 17.0 Å². The number of hydrogen-bond donors (Lipinski definition) is 2. The number of primary amides is 1. The number of nitrogens with one attached hydrogen (secondary N) is 1. The van der Waals surface area contributed by atoms with E-state index >= 15 is 0 Å². The highest BCUT2D eigenvalue weighted by Gasteiger charge is 2.37. The van der Waals surface area contributed by atoms with Crippen molar-refractivity contribution in [1.29, 1.82) is 0 Å². The fraction of sp³-hybridized carbons (Fsp3) is 0.250. The first-order valence-electron chi connectivity index (χ1n) is 9.18. The van der Waals surface area contributed by atoms with E-state index in [1.807, 2.05) is 0 Å². The molecule has 1 fully saturated rings. The van der Waals surface area contributed by atoms with Crippen LogP contribution in [0.1, 0.15) is 44.9 Å². The van der Waals surface area contributed by atoms with Gasteiger partial charge in [0.1, 0.15) is 5.82 Å². The number of nitrogens with two attached hydrogens (primary N) is 1. The second-order valence-corrected chi connectivity index (χ2v) is 7.23. The molecule has 0 bridgehead atoms. The van der Waals surface area contributed by atoms with Crippen LogP contribution in [0.4, 0.5) is 17.6 Å². The Bertz CT molecular complexity index is 1260. The van der Waals surface area contributed by atoms with Gasteiger partial charge in [-0.3, -0.25) is 19.4 Å². The Morgan fingerprint density at radius 3 is 2.48 bits per heavy atom. The number of furan rings is 1. The zero-order valence-corrected chi connectivity index (χ0v) is 15.8. The largest absolute Gasteiger partial charge is 0.434 e. The molecule has 0 aliphatic heterocycles. The third-order valence-corrected chi connectivity index (χ3v) is 4.98. The molecule has 2 heterocycles. The first-order chi connectivity index (χ1) is 14.5. The Morgan fingerprint density at radius 2 is 1.90 bits per heavy atom. The summed E-state index contributed by atoms with van der Waals surface area (Å²) in [6, 6.07) is 4.65. The molecular weight excluding hydrogens is 422 g/mol. The number of aromatic nitrogens is 1. The lowest BCUT2D eigenvalue weighted by Crippen LogP contribution is -2.32. The predicted octanol–water partition coefficient (Wildman–Crippen LogP) is 3.18. The van der Waals surface area contributed by atoms with Gasteiger partial charge in [-0.05, 0) is 31.0 Å². The number of benzene rings is 1. The maximum absolute atomic E-state index is 14.4. The molecule has 3 aromatic rings. The summed E-state index contributed by atoms with van der Waals surface area (Å²) in [5.74, 6) is -2.71. The molecule has 0 unspecified atom stereocenters. The fourth-order valence-corrected chi connectivity index (χ4v) is 3.29. The molecule has 7 nitrogen and oxygen atoms in total. The highest BCUT2D eigenvalue weighted by atomic mass is 19.4. The fourth-order valence-electron chi connectivity index (χ4n) is 3.29. The number of carbonyl (C=O) groups is 2. The van der Waals surface area contributed by atoms with Crippen molar-refractivity contribution >= 4 is 22.9 Å². The zero-order chi connectivity index (χ0) is 22.5.